The smallest absolute Gasteiger partial charge is 0.343 e. The van der Waals surface area contributed by atoms with Crippen molar-refractivity contribution < 1.29 is 28.5 Å². The van der Waals surface area contributed by atoms with E-state index in [1.165, 1.54) is 7.11 Å². The zero-order chi connectivity index (χ0) is 22.0. The van der Waals surface area contributed by atoms with Gasteiger partial charge in [-0.05, 0) is 62.2 Å². The molecule has 1 aliphatic rings. The molecule has 0 spiro atoms. The Kier molecular flexibility index (Phi) is 5.62. The first-order valence-electron chi connectivity index (χ1n) is 9.80. The Morgan fingerprint density at radius 2 is 1.81 bits per heavy atom. The van der Waals surface area contributed by atoms with Crippen molar-refractivity contribution >= 4 is 11.9 Å². The average molecular weight is 422 g/mol. The number of nitrogens with zero attached hydrogens (tertiary/aromatic N) is 2. The summed E-state index contributed by atoms with van der Waals surface area (Å²) in [5.41, 5.74) is 4.03. The van der Waals surface area contributed by atoms with Crippen molar-refractivity contribution in [3.63, 3.8) is 0 Å². The van der Waals surface area contributed by atoms with E-state index in [2.05, 4.69) is 5.10 Å². The number of benzene rings is 2. The number of carbonyl (C=O) groups is 2. The highest BCUT2D eigenvalue weighted by atomic mass is 16.7. The van der Waals surface area contributed by atoms with Gasteiger partial charge in [0, 0.05) is 18.2 Å². The number of carbonyl (C=O) groups excluding carboxylic acids is 2. The summed E-state index contributed by atoms with van der Waals surface area (Å²) in [6, 6.07) is 12.0. The van der Waals surface area contributed by atoms with Gasteiger partial charge in [-0.2, -0.15) is 5.10 Å². The van der Waals surface area contributed by atoms with E-state index in [1.54, 1.807) is 47.1 Å². The van der Waals surface area contributed by atoms with Crippen LogP contribution in [0.5, 0.6) is 17.2 Å². The normalized spacial score (nSPS) is 12.0. The molecule has 0 N–H and O–H groups in total. The molecule has 0 saturated carbocycles. The number of esters is 2. The van der Waals surface area contributed by atoms with E-state index < -0.39 is 5.97 Å². The van der Waals surface area contributed by atoms with Crippen molar-refractivity contribution in [3.8, 4) is 22.9 Å². The van der Waals surface area contributed by atoms with Gasteiger partial charge in [-0.15, -0.1) is 0 Å². The van der Waals surface area contributed by atoms with Gasteiger partial charge in [0.05, 0.1) is 24.1 Å². The summed E-state index contributed by atoms with van der Waals surface area (Å²) in [4.78, 5) is 24.0. The maximum atomic E-state index is 12.5. The summed E-state index contributed by atoms with van der Waals surface area (Å²) in [6.45, 7) is 4.02. The zero-order valence-corrected chi connectivity index (χ0v) is 17.5. The van der Waals surface area contributed by atoms with Gasteiger partial charge in [-0.3, -0.25) is 4.79 Å². The lowest BCUT2D eigenvalue weighted by Gasteiger charge is -2.08. The summed E-state index contributed by atoms with van der Waals surface area (Å²) in [6.07, 6.45) is 0.860. The molecule has 160 valence electrons. The summed E-state index contributed by atoms with van der Waals surface area (Å²) >= 11 is 0. The second-order valence-corrected chi connectivity index (χ2v) is 7.09. The number of hydrogen-bond acceptors (Lipinski definition) is 7. The van der Waals surface area contributed by atoms with Crippen molar-refractivity contribution in [2.24, 2.45) is 0 Å². The molecule has 0 saturated heterocycles. The van der Waals surface area contributed by atoms with Gasteiger partial charge < -0.3 is 18.9 Å². The van der Waals surface area contributed by atoms with E-state index in [0.717, 1.165) is 22.6 Å². The van der Waals surface area contributed by atoms with Gasteiger partial charge in [0.2, 0.25) is 6.79 Å². The predicted molar refractivity (Wildman–Crippen MR) is 111 cm³/mol. The number of aromatic nitrogens is 2. The molecule has 3 aromatic rings. The lowest BCUT2D eigenvalue weighted by Crippen LogP contribution is -2.09. The Hall–Kier alpha value is -3.81. The highest BCUT2D eigenvalue weighted by Crippen LogP contribution is 2.35. The molecule has 31 heavy (non-hydrogen) atoms. The van der Waals surface area contributed by atoms with Gasteiger partial charge in [0.15, 0.2) is 11.5 Å². The maximum Gasteiger partial charge on any atom is 0.343 e. The first-order valence-corrected chi connectivity index (χ1v) is 9.80. The minimum absolute atomic E-state index is 0.158. The van der Waals surface area contributed by atoms with Crippen molar-refractivity contribution in [2.75, 3.05) is 13.9 Å². The predicted octanol–water partition coefficient (Wildman–Crippen LogP) is 3.54. The topological polar surface area (TPSA) is 88.9 Å². The van der Waals surface area contributed by atoms with Crippen LogP contribution < -0.4 is 14.2 Å². The van der Waals surface area contributed by atoms with E-state index in [9.17, 15) is 9.59 Å². The lowest BCUT2D eigenvalue weighted by atomic mass is 10.1. The Morgan fingerprint density at radius 3 is 2.55 bits per heavy atom. The number of methoxy groups -OCH3 is 1. The molecule has 4 rings (SSSR count). The molecule has 1 aromatic heterocycles. The highest BCUT2D eigenvalue weighted by molar-refractivity contribution is 5.91. The first-order chi connectivity index (χ1) is 15.0. The Bertz CT molecular complexity index is 1130. The standard InChI is InChI=1S/C23H22N2O6/c1-14-19(9-11-22(26)28-3)15(2)25(24-14)17-6-4-16(5-7-17)23(27)31-18-8-10-20-21(12-18)30-13-29-20/h4-8,10,12H,9,11,13H2,1-3H3. The minimum Gasteiger partial charge on any atom is -0.469 e. The fourth-order valence-electron chi connectivity index (χ4n) is 3.46. The number of rotatable bonds is 6. The van der Waals surface area contributed by atoms with Crippen LogP contribution in [0.4, 0.5) is 0 Å². The van der Waals surface area contributed by atoms with Crippen LogP contribution in [0.25, 0.3) is 5.69 Å². The first kappa shape index (κ1) is 20.5. The van der Waals surface area contributed by atoms with E-state index >= 15 is 0 Å². The molecule has 8 nitrogen and oxygen atoms in total. The van der Waals surface area contributed by atoms with Crippen molar-refractivity contribution in [1.29, 1.82) is 0 Å². The van der Waals surface area contributed by atoms with Crippen LogP contribution in [0.3, 0.4) is 0 Å². The third-order valence-corrected chi connectivity index (χ3v) is 5.15. The van der Waals surface area contributed by atoms with Crippen LogP contribution in [0.1, 0.15) is 33.7 Å². The SMILES string of the molecule is COC(=O)CCc1c(C)nn(-c2ccc(C(=O)Oc3ccc4c(c3)OCO4)cc2)c1C. The number of ether oxygens (including phenoxy) is 4. The Morgan fingerprint density at radius 1 is 1.06 bits per heavy atom. The second-order valence-electron chi connectivity index (χ2n) is 7.09. The molecular weight excluding hydrogens is 400 g/mol. The summed E-state index contributed by atoms with van der Waals surface area (Å²) in [5, 5.41) is 4.58. The maximum absolute atomic E-state index is 12.5. The number of fused-ring (bicyclic) bond motifs is 1. The molecule has 0 radical (unpaired) electrons. The number of hydrogen-bond donors (Lipinski definition) is 0. The minimum atomic E-state index is -0.474. The third-order valence-electron chi connectivity index (χ3n) is 5.15. The number of aryl methyl sites for hydroxylation is 1. The lowest BCUT2D eigenvalue weighted by molar-refractivity contribution is -0.140. The molecule has 0 unspecified atom stereocenters. The molecular formula is C23H22N2O6. The molecule has 0 amide bonds. The molecule has 0 bridgehead atoms. The quantitative estimate of drug-likeness (QED) is 0.443. The fourth-order valence-corrected chi connectivity index (χ4v) is 3.46. The van der Waals surface area contributed by atoms with Gasteiger partial charge in [0.25, 0.3) is 0 Å². The summed E-state index contributed by atoms with van der Waals surface area (Å²) < 4.78 is 22.5. The second kappa shape index (κ2) is 8.51. The van der Waals surface area contributed by atoms with Crippen LogP contribution >= 0.6 is 0 Å². The van der Waals surface area contributed by atoms with Crippen LogP contribution in [0, 0.1) is 13.8 Å². The zero-order valence-electron chi connectivity index (χ0n) is 17.5. The molecule has 0 aliphatic carbocycles. The molecule has 8 heteroatoms. The average Bonchev–Trinajstić information content (AvgIpc) is 3.35. The van der Waals surface area contributed by atoms with E-state index in [0.29, 0.717) is 35.7 Å². The van der Waals surface area contributed by atoms with Crippen molar-refractivity contribution in [2.45, 2.75) is 26.7 Å². The van der Waals surface area contributed by atoms with Crippen molar-refractivity contribution in [3.05, 3.63) is 65.0 Å². The Labute approximate surface area is 179 Å². The Balaban J connectivity index is 1.48. The fraction of sp³-hybridized carbons (Fsp3) is 0.261. The summed E-state index contributed by atoms with van der Waals surface area (Å²) in [5.74, 6) is 0.828. The molecule has 0 atom stereocenters. The largest absolute Gasteiger partial charge is 0.469 e. The molecule has 2 aromatic carbocycles. The van der Waals surface area contributed by atoms with Gasteiger partial charge in [-0.1, -0.05) is 0 Å². The van der Waals surface area contributed by atoms with Crippen LogP contribution in [0.15, 0.2) is 42.5 Å². The monoisotopic (exact) mass is 422 g/mol. The molecule has 0 fully saturated rings. The molecule has 1 aliphatic heterocycles. The van der Waals surface area contributed by atoms with E-state index in [4.69, 9.17) is 18.9 Å². The van der Waals surface area contributed by atoms with Crippen LogP contribution in [0.2, 0.25) is 0 Å². The third kappa shape index (κ3) is 4.23. The van der Waals surface area contributed by atoms with Gasteiger partial charge in [-0.25, -0.2) is 9.48 Å². The van der Waals surface area contributed by atoms with Gasteiger partial charge >= 0.3 is 11.9 Å². The summed E-state index contributed by atoms with van der Waals surface area (Å²) in [7, 11) is 1.38. The van der Waals surface area contributed by atoms with Crippen LogP contribution in [-0.4, -0.2) is 35.6 Å². The highest BCUT2D eigenvalue weighted by Gasteiger charge is 2.17. The van der Waals surface area contributed by atoms with Gasteiger partial charge in [0.1, 0.15) is 5.75 Å². The molecule has 2 heterocycles. The van der Waals surface area contributed by atoms with E-state index in [-0.39, 0.29) is 12.8 Å². The van der Waals surface area contributed by atoms with Crippen molar-refractivity contribution in [1.82, 2.24) is 9.78 Å². The van der Waals surface area contributed by atoms with E-state index in [1.807, 2.05) is 13.8 Å². The van der Waals surface area contributed by atoms with Crippen LogP contribution in [-0.2, 0) is 16.0 Å².